The fourth-order valence-electron chi connectivity index (χ4n) is 2.03. The Labute approximate surface area is 111 Å². The van der Waals surface area contributed by atoms with Gasteiger partial charge in [-0.25, -0.2) is 4.79 Å². The minimum Gasteiger partial charge on any atom is -0.496 e. The highest BCUT2D eigenvalue weighted by molar-refractivity contribution is 5.97. The van der Waals surface area contributed by atoms with Gasteiger partial charge in [-0.2, -0.15) is 5.10 Å². The van der Waals surface area contributed by atoms with Crippen molar-refractivity contribution in [1.29, 1.82) is 0 Å². The Morgan fingerprint density at radius 3 is 2.47 bits per heavy atom. The fraction of sp³-hybridized carbons (Fsp3) is 0.286. The zero-order valence-electron chi connectivity index (χ0n) is 11.4. The molecule has 5 heteroatoms. The van der Waals surface area contributed by atoms with Gasteiger partial charge >= 0.3 is 5.97 Å². The van der Waals surface area contributed by atoms with E-state index in [0.717, 1.165) is 11.1 Å². The normalized spacial score (nSPS) is 10.5. The van der Waals surface area contributed by atoms with Crippen molar-refractivity contribution in [3.05, 3.63) is 34.5 Å². The van der Waals surface area contributed by atoms with E-state index >= 15 is 0 Å². The van der Waals surface area contributed by atoms with Gasteiger partial charge in [-0.3, -0.25) is 5.10 Å². The minimum atomic E-state index is -0.999. The number of hydrogen-bond donors (Lipinski definition) is 2. The number of benzene rings is 1. The molecule has 0 aliphatic heterocycles. The summed E-state index contributed by atoms with van der Waals surface area (Å²) >= 11 is 0. The average Bonchev–Trinajstić information content (AvgIpc) is 2.74. The topological polar surface area (TPSA) is 75.2 Å². The van der Waals surface area contributed by atoms with Gasteiger partial charge in [0.15, 0.2) is 0 Å². The van der Waals surface area contributed by atoms with Gasteiger partial charge < -0.3 is 9.84 Å². The number of rotatable bonds is 3. The van der Waals surface area contributed by atoms with E-state index in [1.807, 2.05) is 26.0 Å². The lowest BCUT2D eigenvalue weighted by Gasteiger charge is -2.10. The van der Waals surface area contributed by atoms with Crippen LogP contribution in [0.1, 0.15) is 27.2 Å². The van der Waals surface area contributed by atoms with Crippen LogP contribution >= 0.6 is 0 Å². The fourth-order valence-corrected chi connectivity index (χ4v) is 2.03. The van der Waals surface area contributed by atoms with Crippen LogP contribution in [0.15, 0.2) is 12.1 Å². The quantitative estimate of drug-likeness (QED) is 0.889. The lowest BCUT2D eigenvalue weighted by molar-refractivity contribution is 0.0697. The van der Waals surface area contributed by atoms with Crippen molar-refractivity contribution in [1.82, 2.24) is 10.2 Å². The van der Waals surface area contributed by atoms with E-state index in [1.165, 1.54) is 0 Å². The predicted octanol–water partition coefficient (Wildman–Crippen LogP) is 2.71. The molecule has 1 aromatic carbocycles. The molecule has 1 heterocycles. The van der Waals surface area contributed by atoms with Gasteiger partial charge in [-0.15, -0.1) is 0 Å². The second-order valence-electron chi connectivity index (χ2n) is 4.51. The average molecular weight is 260 g/mol. The molecule has 0 aliphatic rings. The lowest BCUT2D eigenvalue weighted by Crippen LogP contribution is -2.01. The number of aromatic amines is 1. The number of hydrogen-bond acceptors (Lipinski definition) is 3. The number of H-pyrrole nitrogens is 1. The highest BCUT2D eigenvalue weighted by Crippen LogP contribution is 2.34. The SMILES string of the molecule is COc1cc(C)c(C)cc1-c1n[nH]c(C)c1C(=O)O. The molecule has 2 rings (SSSR count). The molecule has 2 aromatic rings. The molecule has 19 heavy (non-hydrogen) atoms. The molecule has 0 radical (unpaired) electrons. The Morgan fingerprint density at radius 1 is 1.26 bits per heavy atom. The molecule has 0 unspecified atom stereocenters. The molecule has 0 amide bonds. The Kier molecular flexibility index (Phi) is 3.29. The number of methoxy groups -OCH3 is 1. The molecule has 0 saturated heterocycles. The first-order chi connectivity index (χ1) is 8.95. The molecular formula is C14H16N2O3. The van der Waals surface area contributed by atoms with Crippen LogP contribution in [-0.2, 0) is 0 Å². The molecule has 0 fully saturated rings. The van der Waals surface area contributed by atoms with Gasteiger partial charge in [-0.05, 0) is 44.0 Å². The van der Waals surface area contributed by atoms with Crippen LogP contribution in [0.2, 0.25) is 0 Å². The van der Waals surface area contributed by atoms with E-state index in [-0.39, 0.29) is 5.56 Å². The summed E-state index contributed by atoms with van der Waals surface area (Å²) in [5, 5.41) is 16.1. The van der Waals surface area contributed by atoms with Gasteiger partial charge in [0.2, 0.25) is 0 Å². The largest absolute Gasteiger partial charge is 0.496 e. The van der Waals surface area contributed by atoms with Crippen LogP contribution in [0.4, 0.5) is 0 Å². The van der Waals surface area contributed by atoms with Gasteiger partial charge in [0.1, 0.15) is 17.0 Å². The first-order valence-electron chi connectivity index (χ1n) is 5.89. The Balaban J connectivity index is 2.72. The zero-order chi connectivity index (χ0) is 14.2. The highest BCUT2D eigenvalue weighted by Gasteiger charge is 2.21. The van der Waals surface area contributed by atoms with E-state index in [1.54, 1.807) is 14.0 Å². The number of nitrogens with zero attached hydrogens (tertiary/aromatic N) is 1. The molecule has 0 saturated carbocycles. The van der Waals surface area contributed by atoms with Crippen LogP contribution in [-0.4, -0.2) is 28.4 Å². The van der Waals surface area contributed by atoms with Crippen LogP contribution < -0.4 is 4.74 Å². The molecule has 0 bridgehead atoms. The van der Waals surface area contributed by atoms with Crippen LogP contribution in [0.3, 0.4) is 0 Å². The summed E-state index contributed by atoms with van der Waals surface area (Å²) in [6, 6.07) is 3.79. The van der Waals surface area contributed by atoms with Crippen LogP contribution in [0, 0.1) is 20.8 Å². The molecule has 1 aromatic heterocycles. The maximum Gasteiger partial charge on any atom is 0.339 e. The predicted molar refractivity (Wildman–Crippen MR) is 71.7 cm³/mol. The smallest absolute Gasteiger partial charge is 0.339 e. The summed E-state index contributed by atoms with van der Waals surface area (Å²) in [5.41, 5.74) is 3.96. The number of ether oxygens (including phenoxy) is 1. The molecule has 100 valence electrons. The van der Waals surface area contributed by atoms with Gasteiger partial charge in [-0.1, -0.05) is 0 Å². The van der Waals surface area contributed by atoms with Crippen molar-refractivity contribution in [2.45, 2.75) is 20.8 Å². The highest BCUT2D eigenvalue weighted by atomic mass is 16.5. The maximum absolute atomic E-state index is 11.3. The van der Waals surface area contributed by atoms with Crippen molar-refractivity contribution in [2.24, 2.45) is 0 Å². The third kappa shape index (κ3) is 2.19. The molecule has 0 atom stereocenters. The van der Waals surface area contributed by atoms with Crippen molar-refractivity contribution < 1.29 is 14.6 Å². The number of nitrogens with one attached hydrogen (secondary N) is 1. The number of aromatic nitrogens is 2. The number of aryl methyl sites for hydroxylation is 3. The van der Waals surface area contributed by atoms with E-state index in [9.17, 15) is 9.90 Å². The summed E-state index contributed by atoms with van der Waals surface area (Å²) < 4.78 is 5.33. The molecule has 0 aliphatic carbocycles. The summed E-state index contributed by atoms with van der Waals surface area (Å²) in [7, 11) is 1.56. The Morgan fingerprint density at radius 2 is 1.89 bits per heavy atom. The number of carboxylic acids is 1. The van der Waals surface area contributed by atoms with Crippen molar-refractivity contribution in [3.8, 4) is 17.0 Å². The van der Waals surface area contributed by atoms with Crippen molar-refractivity contribution >= 4 is 5.97 Å². The number of aromatic carboxylic acids is 1. The lowest BCUT2D eigenvalue weighted by atomic mass is 10.00. The van der Waals surface area contributed by atoms with E-state index in [4.69, 9.17) is 4.74 Å². The molecule has 2 N–H and O–H groups in total. The van der Waals surface area contributed by atoms with Crippen molar-refractivity contribution in [3.63, 3.8) is 0 Å². The van der Waals surface area contributed by atoms with Crippen LogP contribution in [0.25, 0.3) is 11.3 Å². The maximum atomic E-state index is 11.3. The zero-order valence-corrected chi connectivity index (χ0v) is 11.4. The Hall–Kier alpha value is -2.30. The standard InChI is InChI=1S/C14H16N2O3/c1-7-5-10(11(19-4)6-8(7)2)13-12(14(17)18)9(3)15-16-13/h5-6H,1-4H3,(H,15,16)(H,17,18). The second-order valence-corrected chi connectivity index (χ2v) is 4.51. The summed E-state index contributed by atoms with van der Waals surface area (Å²) in [6.07, 6.45) is 0. The van der Waals surface area contributed by atoms with Gasteiger partial charge in [0.25, 0.3) is 0 Å². The first kappa shape index (κ1) is 13.1. The summed E-state index contributed by atoms with van der Waals surface area (Å²) in [4.78, 5) is 11.3. The summed E-state index contributed by atoms with van der Waals surface area (Å²) in [6.45, 7) is 5.64. The first-order valence-corrected chi connectivity index (χ1v) is 5.89. The third-order valence-electron chi connectivity index (χ3n) is 3.23. The summed E-state index contributed by atoms with van der Waals surface area (Å²) in [5.74, 6) is -0.376. The van der Waals surface area contributed by atoms with Gasteiger partial charge in [0.05, 0.1) is 7.11 Å². The molecular weight excluding hydrogens is 244 g/mol. The van der Waals surface area contributed by atoms with Crippen molar-refractivity contribution in [2.75, 3.05) is 7.11 Å². The monoisotopic (exact) mass is 260 g/mol. The number of carboxylic acid groups (broad SMARTS) is 1. The van der Waals surface area contributed by atoms with E-state index in [2.05, 4.69) is 10.2 Å². The minimum absolute atomic E-state index is 0.182. The molecule has 5 nitrogen and oxygen atoms in total. The van der Waals surface area contributed by atoms with E-state index < -0.39 is 5.97 Å². The second kappa shape index (κ2) is 4.76. The van der Waals surface area contributed by atoms with Crippen LogP contribution in [0.5, 0.6) is 5.75 Å². The molecule has 0 spiro atoms. The number of carbonyl (C=O) groups is 1. The van der Waals surface area contributed by atoms with Gasteiger partial charge in [0, 0.05) is 11.3 Å². The third-order valence-corrected chi connectivity index (χ3v) is 3.23. The van der Waals surface area contributed by atoms with E-state index in [0.29, 0.717) is 22.7 Å². The Bertz CT molecular complexity index is 644.